The van der Waals surface area contributed by atoms with Crippen molar-refractivity contribution in [3.63, 3.8) is 0 Å². The van der Waals surface area contributed by atoms with Crippen molar-refractivity contribution in [1.82, 2.24) is 0 Å². The summed E-state index contributed by atoms with van der Waals surface area (Å²) in [7, 11) is 1.33. The first-order valence-corrected chi connectivity index (χ1v) is 4.68. The van der Waals surface area contributed by atoms with E-state index < -0.39 is 12.1 Å². The van der Waals surface area contributed by atoms with Crippen molar-refractivity contribution in [3.05, 3.63) is 35.4 Å². The normalized spacial score (nSPS) is 14.4. The van der Waals surface area contributed by atoms with Gasteiger partial charge in [-0.25, -0.2) is 4.79 Å². The van der Waals surface area contributed by atoms with E-state index in [1.165, 1.54) is 7.11 Å². The van der Waals surface area contributed by atoms with Crippen LogP contribution in [0.1, 0.15) is 28.9 Å². The predicted octanol–water partition coefficient (Wildman–Crippen LogP) is 0.854. The molecule has 1 aromatic rings. The van der Waals surface area contributed by atoms with Gasteiger partial charge in [0.15, 0.2) is 0 Å². The lowest BCUT2D eigenvalue weighted by molar-refractivity contribution is 0.0600. The van der Waals surface area contributed by atoms with Crippen LogP contribution in [0.3, 0.4) is 0 Å². The summed E-state index contributed by atoms with van der Waals surface area (Å²) in [5.41, 5.74) is 6.99. The molecule has 0 aliphatic rings. The minimum Gasteiger partial charge on any atom is -0.465 e. The highest BCUT2D eigenvalue weighted by atomic mass is 16.5. The highest BCUT2D eigenvalue weighted by Crippen LogP contribution is 2.15. The van der Waals surface area contributed by atoms with Gasteiger partial charge in [-0.2, -0.15) is 0 Å². The minimum absolute atomic E-state index is 0.382. The molecule has 4 heteroatoms. The topological polar surface area (TPSA) is 72.5 Å². The maximum absolute atomic E-state index is 11.1. The molecule has 1 aromatic carbocycles. The molecule has 82 valence electrons. The molecular formula is C11H15NO3. The summed E-state index contributed by atoms with van der Waals surface area (Å²) >= 11 is 0. The molecule has 0 saturated carbocycles. The molecule has 0 unspecified atom stereocenters. The minimum atomic E-state index is -0.617. The number of methoxy groups -OCH3 is 1. The number of nitrogens with two attached hydrogens (primary N) is 1. The van der Waals surface area contributed by atoms with Gasteiger partial charge in [-0.3, -0.25) is 0 Å². The average molecular weight is 209 g/mol. The van der Waals surface area contributed by atoms with Crippen LogP contribution in [0.25, 0.3) is 0 Å². The maximum Gasteiger partial charge on any atom is 0.337 e. The van der Waals surface area contributed by atoms with Crippen LogP contribution in [0.15, 0.2) is 24.3 Å². The van der Waals surface area contributed by atoms with Crippen LogP contribution < -0.4 is 5.73 Å². The molecule has 0 aliphatic carbocycles. The molecule has 2 atom stereocenters. The molecule has 0 spiro atoms. The first-order chi connectivity index (χ1) is 7.06. The Morgan fingerprint density at radius 1 is 1.40 bits per heavy atom. The number of benzene rings is 1. The second kappa shape index (κ2) is 4.91. The molecule has 0 aromatic heterocycles. The number of ether oxygens (including phenoxy) is 1. The second-order valence-corrected chi connectivity index (χ2v) is 3.38. The Morgan fingerprint density at radius 3 is 2.33 bits per heavy atom. The Bertz CT molecular complexity index is 332. The number of carbonyl (C=O) groups is 1. The molecule has 0 amide bonds. The standard InChI is InChI=1S/C11H15NO3/c1-7(13)10(12)8-3-5-9(6-4-8)11(14)15-2/h3-7,10,13H,12H2,1-2H3/t7-,10-/m1/s1. The molecule has 0 heterocycles. The van der Waals surface area contributed by atoms with Gasteiger partial charge in [0.05, 0.1) is 24.8 Å². The van der Waals surface area contributed by atoms with E-state index in [-0.39, 0.29) is 5.97 Å². The Balaban J connectivity index is 2.85. The first-order valence-electron chi connectivity index (χ1n) is 4.68. The monoisotopic (exact) mass is 209 g/mol. The van der Waals surface area contributed by atoms with Crippen LogP contribution >= 0.6 is 0 Å². The zero-order valence-corrected chi connectivity index (χ0v) is 8.81. The molecule has 0 radical (unpaired) electrons. The molecule has 0 fully saturated rings. The van der Waals surface area contributed by atoms with Crippen molar-refractivity contribution in [2.45, 2.75) is 19.1 Å². The smallest absolute Gasteiger partial charge is 0.337 e. The number of esters is 1. The maximum atomic E-state index is 11.1. The van der Waals surface area contributed by atoms with Crippen molar-refractivity contribution in [2.75, 3.05) is 7.11 Å². The molecule has 0 bridgehead atoms. The van der Waals surface area contributed by atoms with Crippen molar-refractivity contribution in [3.8, 4) is 0 Å². The van der Waals surface area contributed by atoms with Crippen LogP contribution in [-0.4, -0.2) is 24.3 Å². The largest absolute Gasteiger partial charge is 0.465 e. The lowest BCUT2D eigenvalue weighted by Gasteiger charge is -2.14. The Kier molecular flexibility index (Phi) is 3.82. The zero-order chi connectivity index (χ0) is 11.4. The van der Waals surface area contributed by atoms with Crippen LogP contribution in [0.5, 0.6) is 0 Å². The van der Waals surface area contributed by atoms with Gasteiger partial charge in [0, 0.05) is 0 Å². The molecule has 4 nitrogen and oxygen atoms in total. The number of hydrogen-bond donors (Lipinski definition) is 2. The number of carbonyl (C=O) groups excluding carboxylic acids is 1. The third-order valence-electron chi connectivity index (χ3n) is 2.24. The number of aliphatic hydroxyl groups is 1. The van der Waals surface area contributed by atoms with E-state index >= 15 is 0 Å². The van der Waals surface area contributed by atoms with Crippen LogP contribution in [0, 0.1) is 0 Å². The van der Waals surface area contributed by atoms with Gasteiger partial charge in [-0.05, 0) is 24.6 Å². The van der Waals surface area contributed by atoms with Crippen LogP contribution in [-0.2, 0) is 4.74 Å². The van der Waals surface area contributed by atoms with Gasteiger partial charge < -0.3 is 15.6 Å². The molecule has 0 saturated heterocycles. The van der Waals surface area contributed by atoms with Crippen LogP contribution in [0.4, 0.5) is 0 Å². The molecule has 1 rings (SSSR count). The summed E-state index contributed by atoms with van der Waals surface area (Å²) in [6, 6.07) is 6.25. The highest BCUT2D eigenvalue weighted by molar-refractivity contribution is 5.89. The number of rotatable bonds is 3. The van der Waals surface area contributed by atoms with Crippen LogP contribution in [0.2, 0.25) is 0 Å². The summed E-state index contributed by atoms with van der Waals surface area (Å²) in [6.07, 6.45) is -0.617. The van der Waals surface area contributed by atoms with E-state index in [0.717, 1.165) is 5.56 Å². The van der Waals surface area contributed by atoms with Gasteiger partial charge in [-0.1, -0.05) is 12.1 Å². The zero-order valence-electron chi connectivity index (χ0n) is 8.81. The van der Waals surface area contributed by atoms with Crippen molar-refractivity contribution in [2.24, 2.45) is 5.73 Å². The molecule has 0 aliphatic heterocycles. The van der Waals surface area contributed by atoms with E-state index in [9.17, 15) is 9.90 Å². The van der Waals surface area contributed by atoms with Crippen molar-refractivity contribution >= 4 is 5.97 Å². The fourth-order valence-corrected chi connectivity index (χ4v) is 1.24. The van der Waals surface area contributed by atoms with Gasteiger partial charge in [0.1, 0.15) is 0 Å². The lowest BCUT2D eigenvalue weighted by atomic mass is 10.0. The SMILES string of the molecule is COC(=O)c1ccc([C@H](N)[C@@H](C)O)cc1. The number of hydrogen-bond acceptors (Lipinski definition) is 4. The fraction of sp³-hybridized carbons (Fsp3) is 0.364. The quantitative estimate of drug-likeness (QED) is 0.724. The van der Waals surface area contributed by atoms with Crippen molar-refractivity contribution < 1.29 is 14.6 Å². The van der Waals surface area contributed by atoms with Gasteiger partial charge in [0.25, 0.3) is 0 Å². The van der Waals surface area contributed by atoms with Gasteiger partial charge in [-0.15, -0.1) is 0 Å². The van der Waals surface area contributed by atoms with E-state index in [1.807, 2.05) is 0 Å². The Morgan fingerprint density at radius 2 is 1.93 bits per heavy atom. The second-order valence-electron chi connectivity index (χ2n) is 3.38. The predicted molar refractivity (Wildman–Crippen MR) is 56.4 cm³/mol. The third kappa shape index (κ3) is 2.78. The van der Waals surface area contributed by atoms with Gasteiger partial charge >= 0.3 is 5.97 Å². The Labute approximate surface area is 88.7 Å². The molecule has 3 N–H and O–H groups in total. The number of aliphatic hydroxyl groups excluding tert-OH is 1. The van der Waals surface area contributed by atoms with Crippen molar-refractivity contribution in [1.29, 1.82) is 0 Å². The highest BCUT2D eigenvalue weighted by Gasteiger charge is 2.12. The van der Waals surface area contributed by atoms with E-state index in [0.29, 0.717) is 5.56 Å². The summed E-state index contributed by atoms with van der Waals surface area (Å²) in [5.74, 6) is -0.382. The van der Waals surface area contributed by atoms with E-state index in [1.54, 1.807) is 31.2 Å². The van der Waals surface area contributed by atoms with E-state index in [2.05, 4.69) is 4.74 Å². The summed E-state index contributed by atoms with van der Waals surface area (Å²) in [4.78, 5) is 11.1. The summed E-state index contributed by atoms with van der Waals surface area (Å²) in [5, 5.41) is 9.28. The summed E-state index contributed by atoms with van der Waals surface area (Å²) < 4.78 is 4.56. The lowest BCUT2D eigenvalue weighted by Crippen LogP contribution is -2.23. The molecule has 15 heavy (non-hydrogen) atoms. The Hall–Kier alpha value is -1.39. The third-order valence-corrected chi connectivity index (χ3v) is 2.24. The fourth-order valence-electron chi connectivity index (χ4n) is 1.24. The summed E-state index contributed by atoms with van der Waals surface area (Å²) in [6.45, 7) is 1.62. The van der Waals surface area contributed by atoms with Gasteiger partial charge in [0.2, 0.25) is 0 Å². The first kappa shape index (κ1) is 11.7. The molecular weight excluding hydrogens is 194 g/mol. The average Bonchev–Trinajstić information content (AvgIpc) is 2.27. The van der Waals surface area contributed by atoms with E-state index in [4.69, 9.17) is 5.73 Å².